The standard InChI is InChI=1S/C15H17FN2O2/c1-15(2,3)18(14(20)10-7-8-10)17-13(19)11-5-4-6-12(16)9-11/h4-7,9H,8H2,1-3H3,(H,17,19). The van der Waals surface area contributed by atoms with E-state index in [1.807, 2.05) is 20.8 Å². The van der Waals surface area contributed by atoms with Gasteiger partial charge >= 0.3 is 0 Å². The summed E-state index contributed by atoms with van der Waals surface area (Å²) in [5.74, 6) is -1.22. The summed E-state index contributed by atoms with van der Waals surface area (Å²) in [4.78, 5) is 24.3. The van der Waals surface area contributed by atoms with Gasteiger partial charge in [0.05, 0.1) is 5.54 Å². The van der Waals surface area contributed by atoms with Crippen LogP contribution in [-0.2, 0) is 4.79 Å². The SMILES string of the molecule is CC(C)(C)N(NC(=O)c1cccc(F)c1)C(=O)C1=CC1. The van der Waals surface area contributed by atoms with Crippen LogP contribution in [0, 0.1) is 5.82 Å². The summed E-state index contributed by atoms with van der Waals surface area (Å²) in [5, 5.41) is 1.29. The number of allylic oxidation sites excluding steroid dienone is 1. The number of nitrogens with one attached hydrogen (secondary N) is 1. The molecule has 5 heteroatoms. The van der Waals surface area contributed by atoms with E-state index in [2.05, 4.69) is 5.43 Å². The van der Waals surface area contributed by atoms with Gasteiger partial charge in [-0.2, -0.15) is 0 Å². The number of carbonyl (C=O) groups is 2. The molecule has 0 atom stereocenters. The topological polar surface area (TPSA) is 49.4 Å². The van der Waals surface area contributed by atoms with Crippen molar-refractivity contribution in [2.45, 2.75) is 32.7 Å². The Morgan fingerprint density at radius 2 is 1.95 bits per heavy atom. The van der Waals surface area contributed by atoms with Crippen molar-refractivity contribution in [2.75, 3.05) is 0 Å². The third-order valence-corrected chi connectivity index (χ3v) is 2.86. The molecule has 0 saturated heterocycles. The van der Waals surface area contributed by atoms with E-state index in [0.29, 0.717) is 12.0 Å². The Labute approximate surface area is 117 Å². The molecule has 20 heavy (non-hydrogen) atoms. The van der Waals surface area contributed by atoms with Crippen LogP contribution in [-0.4, -0.2) is 22.4 Å². The summed E-state index contributed by atoms with van der Waals surface area (Å²) >= 11 is 0. The third-order valence-electron chi connectivity index (χ3n) is 2.86. The van der Waals surface area contributed by atoms with Crippen molar-refractivity contribution in [1.82, 2.24) is 10.4 Å². The molecule has 0 saturated carbocycles. The molecule has 1 aromatic rings. The van der Waals surface area contributed by atoms with Gasteiger partial charge in [0.1, 0.15) is 5.82 Å². The van der Waals surface area contributed by atoms with Crippen LogP contribution in [0.25, 0.3) is 0 Å². The molecule has 4 nitrogen and oxygen atoms in total. The molecule has 2 rings (SSSR count). The maximum absolute atomic E-state index is 13.1. The van der Waals surface area contributed by atoms with Gasteiger partial charge in [-0.25, -0.2) is 9.40 Å². The number of hydrogen-bond acceptors (Lipinski definition) is 2. The van der Waals surface area contributed by atoms with E-state index in [9.17, 15) is 14.0 Å². The molecule has 0 bridgehead atoms. The number of carbonyl (C=O) groups excluding carboxylic acids is 2. The van der Waals surface area contributed by atoms with Crippen LogP contribution in [0.1, 0.15) is 37.6 Å². The van der Waals surface area contributed by atoms with E-state index in [0.717, 1.165) is 6.07 Å². The Morgan fingerprint density at radius 3 is 2.45 bits per heavy atom. The first-order valence-corrected chi connectivity index (χ1v) is 6.39. The zero-order chi connectivity index (χ0) is 14.9. The fraction of sp³-hybridized carbons (Fsp3) is 0.333. The molecule has 0 radical (unpaired) electrons. The van der Waals surface area contributed by atoms with Crippen molar-refractivity contribution >= 4 is 11.8 Å². The first-order valence-electron chi connectivity index (χ1n) is 6.39. The molecular formula is C15H17FN2O2. The molecule has 0 aromatic heterocycles. The van der Waals surface area contributed by atoms with Crippen LogP contribution in [0.3, 0.4) is 0 Å². The largest absolute Gasteiger partial charge is 0.270 e. The molecule has 0 spiro atoms. The predicted octanol–water partition coefficient (Wildman–Crippen LogP) is 2.43. The van der Waals surface area contributed by atoms with Crippen molar-refractivity contribution < 1.29 is 14.0 Å². The van der Waals surface area contributed by atoms with E-state index in [4.69, 9.17) is 0 Å². The summed E-state index contributed by atoms with van der Waals surface area (Å²) in [6.45, 7) is 5.46. The van der Waals surface area contributed by atoms with Crippen molar-refractivity contribution in [1.29, 1.82) is 0 Å². The van der Waals surface area contributed by atoms with Gasteiger partial charge in [0, 0.05) is 11.1 Å². The molecular weight excluding hydrogens is 259 g/mol. The smallest absolute Gasteiger partial charge is 0.268 e. The van der Waals surface area contributed by atoms with Crippen LogP contribution >= 0.6 is 0 Å². The van der Waals surface area contributed by atoms with Gasteiger partial charge in [0.25, 0.3) is 11.8 Å². The van der Waals surface area contributed by atoms with Gasteiger partial charge in [-0.05, 0) is 45.4 Å². The summed E-state index contributed by atoms with van der Waals surface area (Å²) < 4.78 is 13.1. The normalized spacial score (nSPS) is 13.5. The Morgan fingerprint density at radius 1 is 1.30 bits per heavy atom. The van der Waals surface area contributed by atoms with Crippen LogP contribution in [0.2, 0.25) is 0 Å². The molecule has 2 amide bonds. The van der Waals surface area contributed by atoms with Crippen LogP contribution < -0.4 is 5.43 Å². The maximum Gasteiger partial charge on any atom is 0.270 e. The van der Waals surface area contributed by atoms with Gasteiger partial charge < -0.3 is 0 Å². The lowest BCUT2D eigenvalue weighted by Crippen LogP contribution is -2.55. The molecule has 106 valence electrons. The Kier molecular flexibility index (Phi) is 3.61. The van der Waals surface area contributed by atoms with Crippen molar-refractivity contribution in [3.05, 3.63) is 47.3 Å². The number of benzene rings is 1. The average molecular weight is 276 g/mol. The lowest BCUT2D eigenvalue weighted by Gasteiger charge is -2.35. The number of amides is 2. The molecule has 1 aromatic carbocycles. The second-order valence-electron chi connectivity index (χ2n) is 5.70. The fourth-order valence-electron chi connectivity index (χ4n) is 1.69. The molecule has 1 aliphatic carbocycles. The van der Waals surface area contributed by atoms with Gasteiger partial charge in [-0.3, -0.25) is 15.0 Å². The van der Waals surface area contributed by atoms with Crippen LogP contribution in [0.5, 0.6) is 0 Å². The molecule has 0 fully saturated rings. The maximum atomic E-state index is 13.1. The summed E-state index contributed by atoms with van der Waals surface area (Å²) in [6, 6.07) is 5.35. The molecule has 0 aliphatic heterocycles. The van der Waals surface area contributed by atoms with Gasteiger partial charge in [0.15, 0.2) is 0 Å². The Bertz CT molecular complexity index is 588. The number of halogens is 1. The van der Waals surface area contributed by atoms with E-state index < -0.39 is 17.3 Å². The minimum atomic E-state index is -0.566. The first-order chi connectivity index (χ1) is 9.29. The zero-order valence-corrected chi connectivity index (χ0v) is 11.7. The Hall–Kier alpha value is -2.17. The minimum Gasteiger partial charge on any atom is -0.268 e. The third kappa shape index (κ3) is 3.23. The number of hydrazine groups is 1. The van der Waals surface area contributed by atoms with Gasteiger partial charge in [0.2, 0.25) is 0 Å². The fourth-order valence-corrected chi connectivity index (χ4v) is 1.69. The summed E-state index contributed by atoms with van der Waals surface area (Å²) in [6.07, 6.45) is 2.46. The highest BCUT2D eigenvalue weighted by Crippen LogP contribution is 2.24. The van der Waals surface area contributed by atoms with Gasteiger partial charge in [-0.1, -0.05) is 12.1 Å². The second-order valence-corrected chi connectivity index (χ2v) is 5.70. The van der Waals surface area contributed by atoms with Crippen molar-refractivity contribution in [2.24, 2.45) is 0 Å². The minimum absolute atomic E-state index is 0.178. The predicted molar refractivity (Wildman–Crippen MR) is 73.2 cm³/mol. The highest BCUT2D eigenvalue weighted by atomic mass is 19.1. The first kappa shape index (κ1) is 14.2. The highest BCUT2D eigenvalue weighted by molar-refractivity contribution is 6.01. The Balaban J connectivity index is 2.17. The van der Waals surface area contributed by atoms with Crippen molar-refractivity contribution in [3.8, 4) is 0 Å². The molecule has 1 N–H and O–H groups in total. The monoisotopic (exact) mass is 276 g/mol. The van der Waals surface area contributed by atoms with E-state index >= 15 is 0 Å². The number of hydrogen-bond donors (Lipinski definition) is 1. The molecule has 0 unspecified atom stereocenters. The van der Waals surface area contributed by atoms with E-state index in [-0.39, 0.29) is 11.5 Å². The van der Waals surface area contributed by atoms with Crippen LogP contribution in [0.15, 0.2) is 35.9 Å². The zero-order valence-electron chi connectivity index (χ0n) is 11.7. The summed E-state index contributed by atoms with van der Waals surface area (Å²) in [7, 11) is 0. The quantitative estimate of drug-likeness (QED) is 0.843. The van der Waals surface area contributed by atoms with Crippen LogP contribution in [0.4, 0.5) is 4.39 Å². The van der Waals surface area contributed by atoms with Gasteiger partial charge in [-0.15, -0.1) is 0 Å². The van der Waals surface area contributed by atoms with E-state index in [1.54, 1.807) is 6.08 Å². The number of rotatable bonds is 2. The second kappa shape index (κ2) is 5.07. The lowest BCUT2D eigenvalue weighted by molar-refractivity contribution is -0.134. The lowest BCUT2D eigenvalue weighted by atomic mass is 10.1. The number of nitrogens with zero attached hydrogens (tertiary/aromatic N) is 1. The highest BCUT2D eigenvalue weighted by Gasteiger charge is 2.33. The average Bonchev–Trinajstić information content (AvgIpc) is 3.17. The molecule has 0 heterocycles. The molecule has 1 aliphatic rings. The summed E-state index contributed by atoms with van der Waals surface area (Å²) in [5.41, 5.74) is 2.85. The van der Waals surface area contributed by atoms with Crippen molar-refractivity contribution in [3.63, 3.8) is 0 Å². The van der Waals surface area contributed by atoms with E-state index in [1.165, 1.54) is 23.2 Å².